The molecule has 1 N–H and O–H groups in total. The molecule has 0 saturated carbocycles. The van der Waals surface area contributed by atoms with Crippen molar-refractivity contribution in [3.63, 3.8) is 0 Å². The highest BCUT2D eigenvalue weighted by molar-refractivity contribution is 14.1. The zero-order chi connectivity index (χ0) is 10.0. The van der Waals surface area contributed by atoms with Gasteiger partial charge in [-0.2, -0.15) is 0 Å². The maximum Gasteiger partial charge on any atom is 0.281 e. The average Bonchev–Trinajstić information content (AvgIpc) is 2.09. The minimum absolute atomic E-state index is 0.253. The number of aromatic nitrogens is 1. The maximum atomic E-state index is 12.4. The molecule has 0 unspecified atom stereocenters. The molecule has 0 radical (unpaired) electrons. The Bertz CT molecular complexity index is 320. The van der Waals surface area contributed by atoms with Gasteiger partial charge in [0.15, 0.2) is 0 Å². The van der Waals surface area contributed by atoms with Gasteiger partial charge >= 0.3 is 0 Å². The highest BCUT2D eigenvalue weighted by atomic mass is 127. The Hall–Kier alpha value is 0.430. The highest BCUT2D eigenvalue weighted by Crippen LogP contribution is 2.26. The Labute approximate surface area is 101 Å². The molecule has 13 heavy (non-hydrogen) atoms. The molecule has 0 fully saturated rings. The Balaban J connectivity index is 3.25. The van der Waals surface area contributed by atoms with E-state index in [9.17, 15) is 8.78 Å². The van der Waals surface area contributed by atoms with Crippen LogP contribution in [0.4, 0.5) is 8.78 Å². The smallest absolute Gasteiger partial charge is 0.281 e. The minimum Gasteiger partial charge on any atom is -0.390 e. The van der Waals surface area contributed by atoms with E-state index in [0.29, 0.717) is 7.14 Å². The number of hydrogen-bond acceptors (Lipinski definition) is 2. The summed E-state index contributed by atoms with van der Waals surface area (Å²) in [7, 11) is 0. The van der Waals surface area contributed by atoms with Crippen molar-refractivity contribution in [2.75, 3.05) is 0 Å². The molecule has 0 amide bonds. The normalized spacial score (nSPS) is 10.9. The predicted octanol–water partition coefficient (Wildman–Crippen LogP) is 2.72. The van der Waals surface area contributed by atoms with Crippen molar-refractivity contribution >= 4 is 45.2 Å². The van der Waals surface area contributed by atoms with Gasteiger partial charge in [-0.3, -0.25) is 0 Å². The second kappa shape index (κ2) is 4.78. The van der Waals surface area contributed by atoms with E-state index in [1.54, 1.807) is 6.07 Å². The van der Waals surface area contributed by atoms with Gasteiger partial charge in [0.2, 0.25) is 0 Å². The van der Waals surface area contributed by atoms with Crippen LogP contribution in [0.2, 0.25) is 0 Å². The van der Waals surface area contributed by atoms with Crippen LogP contribution in [0.25, 0.3) is 0 Å². The summed E-state index contributed by atoms with van der Waals surface area (Å²) in [6.07, 6.45) is -2.59. The largest absolute Gasteiger partial charge is 0.390 e. The Morgan fingerprint density at radius 1 is 1.46 bits per heavy atom. The zero-order valence-electron chi connectivity index (χ0n) is 6.27. The van der Waals surface area contributed by atoms with E-state index >= 15 is 0 Å². The van der Waals surface area contributed by atoms with E-state index in [0.717, 1.165) is 0 Å². The molecule has 0 spiro atoms. The molecule has 6 heteroatoms. The third-order valence-corrected chi connectivity index (χ3v) is 4.38. The third-order valence-electron chi connectivity index (χ3n) is 1.36. The van der Waals surface area contributed by atoms with Gasteiger partial charge in [-0.1, -0.05) is 0 Å². The van der Waals surface area contributed by atoms with Crippen molar-refractivity contribution in [2.45, 2.75) is 13.0 Å². The van der Waals surface area contributed by atoms with Gasteiger partial charge < -0.3 is 5.11 Å². The van der Waals surface area contributed by atoms with Crippen LogP contribution in [-0.4, -0.2) is 10.1 Å². The number of aliphatic hydroxyl groups excluding tert-OH is 1. The van der Waals surface area contributed by atoms with Gasteiger partial charge in [0.05, 0.1) is 15.9 Å². The van der Waals surface area contributed by atoms with Crippen LogP contribution in [0, 0.1) is 7.14 Å². The average molecular weight is 411 g/mol. The van der Waals surface area contributed by atoms with Crippen molar-refractivity contribution in [1.82, 2.24) is 4.98 Å². The fourth-order valence-electron chi connectivity index (χ4n) is 0.794. The van der Waals surface area contributed by atoms with Gasteiger partial charge in [-0.05, 0) is 51.2 Å². The topological polar surface area (TPSA) is 33.1 Å². The first-order valence-electron chi connectivity index (χ1n) is 3.30. The molecule has 1 rings (SSSR count). The van der Waals surface area contributed by atoms with Crippen molar-refractivity contribution in [2.24, 2.45) is 0 Å². The molecule has 1 heterocycles. The molecule has 0 bridgehead atoms. The molecule has 1 aromatic rings. The lowest BCUT2D eigenvalue weighted by Crippen LogP contribution is -2.01. The molecular weight excluding hydrogens is 406 g/mol. The highest BCUT2D eigenvalue weighted by Gasteiger charge is 2.16. The van der Waals surface area contributed by atoms with Gasteiger partial charge in [-0.15, -0.1) is 0 Å². The lowest BCUT2D eigenvalue weighted by atomic mass is 10.3. The number of alkyl halides is 2. The number of nitrogens with zero attached hydrogens (tertiary/aromatic N) is 1. The lowest BCUT2D eigenvalue weighted by Gasteiger charge is -2.06. The first-order chi connectivity index (χ1) is 6.06. The van der Waals surface area contributed by atoms with E-state index in [2.05, 4.69) is 4.98 Å². The fraction of sp³-hybridized carbons (Fsp3) is 0.286. The number of halogens is 4. The van der Waals surface area contributed by atoms with Crippen LogP contribution in [-0.2, 0) is 6.61 Å². The van der Waals surface area contributed by atoms with E-state index in [-0.39, 0.29) is 18.0 Å². The van der Waals surface area contributed by atoms with Gasteiger partial charge in [0.1, 0.15) is 5.69 Å². The van der Waals surface area contributed by atoms with E-state index in [4.69, 9.17) is 5.11 Å². The monoisotopic (exact) mass is 411 g/mol. The molecule has 1 aromatic heterocycles. The quantitative estimate of drug-likeness (QED) is 0.760. The molecule has 0 saturated heterocycles. The van der Waals surface area contributed by atoms with Crippen LogP contribution < -0.4 is 0 Å². The summed E-state index contributed by atoms with van der Waals surface area (Å²) in [5.74, 6) is 0. The summed E-state index contributed by atoms with van der Waals surface area (Å²) in [4.78, 5) is 3.64. The van der Waals surface area contributed by atoms with Crippen LogP contribution >= 0.6 is 45.2 Å². The number of rotatable bonds is 2. The molecule has 0 aliphatic carbocycles. The second-order valence-electron chi connectivity index (χ2n) is 2.25. The summed E-state index contributed by atoms with van der Waals surface area (Å²) in [5.41, 5.74) is 0.0247. The molecule has 0 aliphatic heterocycles. The molecular formula is C7H5F2I2NO. The Morgan fingerprint density at radius 2 is 2.08 bits per heavy atom. The van der Waals surface area contributed by atoms with Gasteiger partial charge in [0.25, 0.3) is 6.43 Å². The van der Waals surface area contributed by atoms with Crippen LogP contribution in [0.15, 0.2) is 6.07 Å². The summed E-state index contributed by atoms with van der Waals surface area (Å²) >= 11 is 3.76. The summed E-state index contributed by atoms with van der Waals surface area (Å²) in [6, 6.07) is 1.59. The zero-order valence-corrected chi connectivity index (χ0v) is 10.6. The van der Waals surface area contributed by atoms with Crippen molar-refractivity contribution in [3.05, 3.63) is 24.6 Å². The third kappa shape index (κ3) is 2.69. The standard InChI is InChI=1S/C7H5F2I2NO/c8-7(9)6-5(11)4(10)1-3(2-13)12-6/h1,7,13H,2H2. The molecule has 72 valence electrons. The maximum absolute atomic E-state index is 12.4. The first-order valence-corrected chi connectivity index (χ1v) is 5.45. The van der Waals surface area contributed by atoms with Gasteiger partial charge in [0, 0.05) is 3.57 Å². The SMILES string of the molecule is OCc1cc(I)c(I)c(C(F)F)n1. The summed E-state index contributed by atoms with van der Waals surface area (Å²) in [6.45, 7) is -0.313. The minimum atomic E-state index is -2.59. The molecule has 0 atom stereocenters. The lowest BCUT2D eigenvalue weighted by molar-refractivity contribution is 0.144. The number of aliphatic hydroxyl groups is 1. The first kappa shape index (κ1) is 11.5. The summed E-state index contributed by atoms with van der Waals surface area (Å²) in [5, 5.41) is 8.75. The van der Waals surface area contributed by atoms with Crippen LogP contribution in [0.5, 0.6) is 0 Å². The number of pyridine rings is 1. The fourth-order valence-corrected chi connectivity index (χ4v) is 1.94. The molecule has 2 nitrogen and oxygen atoms in total. The number of hydrogen-bond donors (Lipinski definition) is 1. The van der Waals surface area contributed by atoms with E-state index in [1.165, 1.54) is 0 Å². The summed E-state index contributed by atoms with van der Waals surface area (Å²) < 4.78 is 25.9. The van der Waals surface area contributed by atoms with E-state index in [1.807, 2.05) is 45.2 Å². The van der Waals surface area contributed by atoms with Crippen molar-refractivity contribution in [3.8, 4) is 0 Å². The van der Waals surface area contributed by atoms with Crippen LogP contribution in [0.3, 0.4) is 0 Å². The van der Waals surface area contributed by atoms with Crippen molar-refractivity contribution < 1.29 is 13.9 Å². The van der Waals surface area contributed by atoms with Crippen LogP contribution in [0.1, 0.15) is 17.8 Å². The molecule has 0 aliphatic rings. The van der Waals surface area contributed by atoms with Crippen molar-refractivity contribution in [1.29, 1.82) is 0 Å². The van der Waals surface area contributed by atoms with Gasteiger partial charge in [-0.25, -0.2) is 13.8 Å². The van der Waals surface area contributed by atoms with E-state index < -0.39 is 6.43 Å². The molecule has 0 aromatic carbocycles. The Morgan fingerprint density at radius 3 is 2.54 bits per heavy atom. The second-order valence-corrected chi connectivity index (χ2v) is 4.49. The predicted molar refractivity (Wildman–Crippen MR) is 60.6 cm³/mol. The Kier molecular flexibility index (Phi) is 4.23.